The number of aliphatic hydroxyl groups excluding tert-OH is 1. The second kappa shape index (κ2) is 5.14. The van der Waals surface area contributed by atoms with Gasteiger partial charge in [0.25, 0.3) is 0 Å². The quantitative estimate of drug-likeness (QED) is 0.741. The molecule has 0 aliphatic carbocycles. The topological polar surface area (TPSA) is 90.5 Å². The molecule has 1 aromatic carbocycles. The summed E-state index contributed by atoms with van der Waals surface area (Å²) in [5, 5.41) is 27.1. The Hall–Kier alpha value is -2.06. The molecule has 0 saturated heterocycles. The van der Waals surface area contributed by atoms with Gasteiger partial charge in [0.1, 0.15) is 11.8 Å². The van der Waals surface area contributed by atoms with Crippen LogP contribution in [0, 0.1) is 11.3 Å². The number of phenols is 1. The van der Waals surface area contributed by atoms with E-state index >= 15 is 0 Å². The summed E-state index contributed by atoms with van der Waals surface area (Å²) < 4.78 is 4.75. The highest BCUT2D eigenvalue weighted by atomic mass is 16.5. The number of hydrogen-bond acceptors (Lipinski definition) is 5. The number of carbonyl (C=O) groups is 1. The molecule has 16 heavy (non-hydrogen) atoms. The van der Waals surface area contributed by atoms with Gasteiger partial charge in [-0.05, 0) is 24.6 Å². The molecule has 0 atom stereocenters. The van der Waals surface area contributed by atoms with Gasteiger partial charge in [-0.15, -0.1) is 0 Å². The number of phenolic OH excluding ortho intramolecular Hbond substituents is 1. The lowest BCUT2D eigenvalue weighted by Crippen LogP contribution is -2.08. The van der Waals surface area contributed by atoms with Gasteiger partial charge in [0.15, 0.2) is 0 Å². The van der Waals surface area contributed by atoms with Crippen LogP contribution in [-0.2, 0) is 11.3 Å². The molecule has 0 heterocycles. The second-order valence-corrected chi connectivity index (χ2v) is 3.02. The van der Waals surface area contributed by atoms with Gasteiger partial charge in [-0.2, -0.15) is 5.26 Å². The summed E-state index contributed by atoms with van der Waals surface area (Å²) in [5.41, 5.74) is 0.339. The van der Waals surface area contributed by atoms with E-state index in [0.717, 1.165) is 6.07 Å². The maximum absolute atomic E-state index is 11.4. The molecule has 1 rings (SSSR count). The predicted molar refractivity (Wildman–Crippen MR) is 54.7 cm³/mol. The summed E-state index contributed by atoms with van der Waals surface area (Å²) in [6.45, 7) is 1.45. The van der Waals surface area contributed by atoms with E-state index in [0.29, 0.717) is 0 Å². The zero-order chi connectivity index (χ0) is 12.1. The normalized spacial score (nSPS) is 9.56. The van der Waals surface area contributed by atoms with Crippen LogP contribution >= 0.6 is 0 Å². The van der Waals surface area contributed by atoms with Crippen molar-refractivity contribution in [3.8, 4) is 11.8 Å². The third-order valence-electron chi connectivity index (χ3n) is 2.01. The molecule has 0 aliphatic rings. The first-order valence-electron chi connectivity index (χ1n) is 4.68. The van der Waals surface area contributed by atoms with Crippen LogP contribution < -0.4 is 0 Å². The molecule has 2 N–H and O–H groups in total. The van der Waals surface area contributed by atoms with E-state index in [1.807, 2.05) is 0 Å². The summed E-state index contributed by atoms with van der Waals surface area (Å²) in [7, 11) is 0. The highest BCUT2D eigenvalue weighted by Crippen LogP contribution is 2.22. The Labute approximate surface area is 92.5 Å². The second-order valence-electron chi connectivity index (χ2n) is 3.02. The molecule has 1 aromatic rings. The third kappa shape index (κ3) is 2.30. The molecule has 0 bridgehead atoms. The van der Waals surface area contributed by atoms with E-state index in [1.54, 1.807) is 13.0 Å². The van der Waals surface area contributed by atoms with Crippen LogP contribution in [-0.4, -0.2) is 22.8 Å². The smallest absolute Gasteiger partial charge is 0.338 e. The molecule has 0 saturated carbocycles. The molecule has 0 amide bonds. The molecule has 0 aromatic heterocycles. The van der Waals surface area contributed by atoms with Gasteiger partial charge in [0, 0.05) is 0 Å². The van der Waals surface area contributed by atoms with Gasteiger partial charge in [0.05, 0.1) is 24.3 Å². The lowest BCUT2D eigenvalue weighted by atomic mass is 10.0. The summed E-state index contributed by atoms with van der Waals surface area (Å²) in [4.78, 5) is 11.4. The number of rotatable bonds is 3. The fraction of sp³-hybridized carbons (Fsp3) is 0.273. The minimum Gasteiger partial charge on any atom is -0.507 e. The first kappa shape index (κ1) is 12.0. The van der Waals surface area contributed by atoms with Crippen molar-refractivity contribution in [2.24, 2.45) is 0 Å². The van der Waals surface area contributed by atoms with Gasteiger partial charge in [-0.1, -0.05) is 0 Å². The van der Waals surface area contributed by atoms with Crippen LogP contribution in [0.15, 0.2) is 12.1 Å². The van der Waals surface area contributed by atoms with Crippen molar-refractivity contribution in [2.45, 2.75) is 13.5 Å². The summed E-state index contributed by atoms with van der Waals surface area (Å²) in [6.07, 6.45) is 0. The highest BCUT2D eigenvalue weighted by molar-refractivity contribution is 5.92. The number of benzene rings is 1. The maximum atomic E-state index is 11.4. The molecule has 0 unspecified atom stereocenters. The largest absolute Gasteiger partial charge is 0.507 e. The number of ether oxygens (including phenoxy) is 1. The number of hydrogen-bond donors (Lipinski definition) is 2. The van der Waals surface area contributed by atoms with Crippen LogP contribution in [0.5, 0.6) is 5.75 Å². The molecule has 84 valence electrons. The van der Waals surface area contributed by atoms with Crippen molar-refractivity contribution in [1.82, 2.24) is 0 Å². The third-order valence-corrected chi connectivity index (χ3v) is 2.01. The lowest BCUT2D eigenvalue weighted by Gasteiger charge is -2.08. The number of aliphatic hydroxyl groups is 1. The minimum atomic E-state index is -0.633. The Bertz CT molecular complexity index is 448. The summed E-state index contributed by atoms with van der Waals surface area (Å²) in [5.74, 6) is -0.936. The van der Waals surface area contributed by atoms with Gasteiger partial charge >= 0.3 is 5.97 Å². The Kier molecular flexibility index (Phi) is 3.86. The van der Waals surface area contributed by atoms with E-state index in [1.165, 1.54) is 6.07 Å². The first-order valence-corrected chi connectivity index (χ1v) is 4.68. The van der Waals surface area contributed by atoms with Crippen molar-refractivity contribution >= 4 is 5.97 Å². The van der Waals surface area contributed by atoms with Crippen molar-refractivity contribution in [1.29, 1.82) is 5.26 Å². The van der Waals surface area contributed by atoms with Crippen LogP contribution in [0.25, 0.3) is 0 Å². The fourth-order valence-electron chi connectivity index (χ4n) is 1.25. The lowest BCUT2D eigenvalue weighted by molar-refractivity contribution is 0.0522. The van der Waals surface area contributed by atoms with E-state index in [2.05, 4.69) is 0 Å². The van der Waals surface area contributed by atoms with Crippen molar-refractivity contribution < 1.29 is 19.7 Å². The standard InChI is InChI=1S/C11H11NO4/c1-2-16-11(15)9-4-10(14)7(5-12)3-8(9)6-13/h3-4,13-14H,2,6H2,1H3. The Morgan fingerprint density at radius 1 is 1.56 bits per heavy atom. The number of carbonyl (C=O) groups excluding carboxylic acids is 1. The summed E-state index contributed by atoms with van der Waals surface area (Å²) >= 11 is 0. The predicted octanol–water partition coefficient (Wildman–Crippen LogP) is 0.933. The maximum Gasteiger partial charge on any atom is 0.338 e. The van der Waals surface area contributed by atoms with E-state index < -0.39 is 12.6 Å². The van der Waals surface area contributed by atoms with Gasteiger partial charge in [-0.3, -0.25) is 0 Å². The molecule has 0 spiro atoms. The van der Waals surface area contributed by atoms with E-state index in [4.69, 9.17) is 15.1 Å². The van der Waals surface area contributed by atoms with Crippen molar-refractivity contribution in [3.05, 3.63) is 28.8 Å². The molecular formula is C11H11NO4. The van der Waals surface area contributed by atoms with Crippen molar-refractivity contribution in [2.75, 3.05) is 6.61 Å². The van der Waals surface area contributed by atoms with Gasteiger partial charge in [0.2, 0.25) is 0 Å². The number of esters is 1. The Morgan fingerprint density at radius 2 is 2.25 bits per heavy atom. The average molecular weight is 221 g/mol. The zero-order valence-corrected chi connectivity index (χ0v) is 8.73. The Morgan fingerprint density at radius 3 is 2.75 bits per heavy atom. The summed E-state index contributed by atoms with van der Waals surface area (Å²) in [6, 6.07) is 4.15. The SMILES string of the molecule is CCOC(=O)c1cc(O)c(C#N)cc1CO. The first-order chi connectivity index (χ1) is 7.63. The average Bonchev–Trinajstić information content (AvgIpc) is 2.29. The van der Waals surface area contributed by atoms with Crippen LogP contribution in [0.1, 0.15) is 28.4 Å². The molecule has 0 radical (unpaired) electrons. The molecule has 5 nitrogen and oxygen atoms in total. The van der Waals surface area contributed by atoms with Gasteiger partial charge < -0.3 is 14.9 Å². The molecule has 0 aliphatic heterocycles. The van der Waals surface area contributed by atoms with Gasteiger partial charge in [-0.25, -0.2) is 4.79 Å². The Balaban J connectivity index is 3.24. The number of nitriles is 1. The van der Waals surface area contributed by atoms with Crippen LogP contribution in [0.3, 0.4) is 0 Å². The van der Waals surface area contributed by atoms with Crippen LogP contribution in [0.2, 0.25) is 0 Å². The molecule has 5 heteroatoms. The number of aromatic hydroxyl groups is 1. The van der Waals surface area contributed by atoms with E-state index in [-0.39, 0.29) is 29.0 Å². The fourth-order valence-corrected chi connectivity index (χ4v) is 1.25. The highest BCUT2D eigenvalue weighted by Gasteiger charge is 2.15. The minimum absolute atomic E-state index is 0.0112. The van der Waals surface area contributed by atoms with E-state index in [9.17, 15) is 9.90 Å². The number of nitrogens with zero attached hydrogens (tertiary/aromatic N) is 1. The van der Waals surface area contributed by atoms with Crippen molar-refractivity contribution in [3.63, 3.8) is 0 Å². The monoisotopic (exact) mass is 221 g/mol. The molecule has 0 fully saturated rings. The zero-order valence-electron chi connectivity index (χ0n) is 8.73. The molecular weight excluding hydrogens is 210 g/mol. The van der Waals surface area contributed by atoms with Crippen LogP contribution in [0.4, 0.5) is 0 Å².